The van der Waals surface area contributed by atoms with Gasteiger partial charge in [-0.25, -0.2) is 0 Å². The maximum Gasteiger partial charge on any atom is 0.251 e. The molecule has 1 atom stereocenters. The van der Waals surface area contributed by atoms with Crippen molar-refractivity contribution in [3.8, 4) is 11.1 Å². The first-order valence-corrected chi connectivity index (χ1v) is 7.75. The summed E-state index contributed by atoms with van der Waals surface area (Å²) in [5, 5.41) is 3.03. The molecule has 0 saturated carbocycles. The summed E-state index contributed by atoms with van der Waals surface area (Å²) in [4.78, 5) is 12.4. The third-order valence-corrected chi connectivity index (χ3v) is 3.90. The number of carbonyl (C=O) groups excluding carboxylic acids is 1. The van der Waals surface area contributed by atoms with E-state index in [4.69, 9.17) is 0 Å². The van der Waals surface area contributed by atoms with Crippen molar-refractivity contribution in [3.63, 3.8) is 0 Å². The molecule has 23 heavy (non-hydrogen) atoms. The van der Waals surface area contributed by atoms with Crippen LogP contribution in [-0.4, -0.2) is 5.91 Å². The molecule has 1 N–H and O–H groups in total. The SMILES string of the molecule is C[C@@H](NC(=O)c1ccc(-c2ccccc2)cc1)c1ccccc1. The number of nitrogens with one attached hydrogen (secondary N) is 1. The molecule has 2 heteroatoms. The van der Waals surface area contributed by atoms with Gasteiger partial charge in [-0.05, 0) is 35.7 Å². The number of hydrogen-bond acceptors (Lipinski definition) is 1. The summed E-state index contributed by atoms with van der Waals surface area (Å²) < 4.78 is 0. The lowest BCUT2D eigenvalue weighted by molar-refractivity contribution is 0.0940. The van der Waals surface area contributed by atoms with Crippen LogP contribution in [0.4, 0.5) is 0 Å². The minimum Gasteiger partial charge on any atom is -0.346 e. The quantitative estimate of drug-likeness (QED) is 0.733. The molecule has 3 rings (SSSR count). The molecule has 2 nitrogen and oxygen atoms in total. The fraction of sp³-hybridized carbons (Fsp3) is 0.0952. The first-order valence-electron chi connectivity index (χ1n) is 7.75. The standard InChI is InChI=1S/C21H19NO/c1-16(17-8-4-2-5-9-17)22-21(23)20-14-12-19(13-15-20)18-10-6-3-7-11-18/h2-16H,1H3,(H,22,23)/t16-/m1/s1. The van der Waals surface area contributed by atoms with Gasteiger partial charge in [-0.1, -0.05) is 72.8 Å². The second-order valence-corrected chi connectivity index (χ2v) is 5.55. The molecule has 0 fully saturated rings. The van der Waals surface area contributed by atoms with Gasteiger partial charge in [-0.3, -0.25) is 4.79 Å². The Morgan fingerprint density at radius 3 is 1.87 bits per heavy atom. The van der Waals surface area contributed by atoms with Crippen LogP contribution in [-0.2, 0) is 0 Å². The van der Waals surface area contributed by atoms with E-state index in [0.717, 1.165) is 16.7 Å². The highest BCUT2D eigenvalue weighted by Gasteiger charge is 2.11. The smallest absolute Gasteiger partial charge is 0.251 e. The van der Waals surface area contributed by atoms with Gasteiger partial charge >= 0.3 is 0 Å². The largest absolute Gasteiger partial charge is 0.346 e. The van der Waals surface area contributed by atoms with Crippen LogP contribution in [0.1, 0.15) is 28.9 Å². The van der Waals surface area contributed by atoms with Gasteiger partial charge < -0.3 is 5.32 Å². The van der Waals surface area contributed by atoms with E-state index in [0.29, 0.717) is 5.56 Å². The van der Waals surface area contributed by atoms with E-state index in [-0.39, 0.29) is 11.9 Å². The molecule has 0 bridgehead atoms. The summed E-state index contributed by atoms with van der Waals surface area (Å²) >= 11 is 0. The molecule has 3 aromatic carbocycles. The Morgan fingerprint density at radius 2 is 1.26 bits per heavy atom. The lowest BCUT2D eigenvalue weighted by Gasteiger charge is -2.14. The topological polar surface area (TPSA) is 29.1 Å². The summed E-state index contributed by atoms with van der Waals surface area (Å²) in [6, 6.07) is 27.8. The van der Waals surface area contributed by atoms with Gasteiger partial charge in [0.15, 0.2) is 0 Å². The lowest BCUT2D eigenvalue weighted by atomic mass is 10.0. The minimum absolute atomic E-state index is 0.0162. The van der Waals surface area contributed by atoms with Crippen molar-refractivity contribution in [1.82, 2.24) is 5.32 Å². The lowest BCUT2D eigenvalue weighted by Crippen LogP contribution is -2.26. The highest BCUT2D eigenvalue weighted by Crippen LogP contribution is 2.19. The van der Waals surface area contributed by atoms with E-state index in [1.54, 1.807) is 0 Å². The Hall–Kier alpha value is -2.87. The second kappa shape index (κ2) is 6.93. The first kappa shape index (κ1) is 15.0. The maximum atomic E-state index is 12.4. The van der Waals surface area contributed by atoms with Gasteiger partial charge in [0.1, 0.15) is 0 Å². The molecule has 114 valence electrons. The van der Waals surface area contributed by atoms with E-state index < -0.39 is 0 Å². The van der Waals surface area contributed by atoms with Crippen molar-refractivity contribution >= 4 is 5.91 Å². The van der Waals surface area contributed by atoms with Crippen molar-refractivity contribution in [2.75, 3.05) is 0 Å². The molecule has 0 saturated heterocycles. The highest BCUT2D eigenvalue weighted by atomic mass is 16.1. The number of benzene rings is 3. The monoisotopic (exact) mass is 301 g/mol. The molecule has 0 heterocycles. The number of rotatable bonds is 4. The zero-order valence-corrected chi connectivity index (χ0v) is 13.1. The molecule has 0 aliphatic rings. The molecule has 3 aromatic rings. The molecule has 1 amide bonds. The van der Waals surface area contributed by atoms with E-state index in [1.807, 2.05) is 79.7 Å². The molecule has 0 radical (unpaired) electrons. The van der Waals surface area contributed by atoms with E-state index >= 15 is 0 Å². The third kappa shape index (κ3) is 3.67. The fourth-order valence-electron chi connectivity index (χ4n) is 2.55. The summed E-state index contributed by atoms with van der Waals surface area (Å²) in [6.45, 7) is 1.99. The van der Waals surface area contributed by atoms with Gasteiger partial charge in [0.2, 0.25) is 0 Å². The molecular formula is C21H19NO. The van der Waals surface area contributed by atoms with E-state index in [2.05, 4.69) is 17.4 Å². The number of hydrogen-bond donors (Lipinski definition) is 1. The summed E-state index contributed by atoms with van der Waals surface area (Å²) in [6.07, 6.45) is 0. The highest BCUT2D eigenvalue weighted by molar-refractivity contribution is 5.94. The molecule has 0 unspecified atom stereocenters. The van der Waals surface area contributed by atoms with E-state index in [1.165, 1.54) is 0 Å². The average molecular weight is 301 g/mol. The zero-order chi connectivity index (χ0) is 16.1. The minimum atomic E-state index is -0.0547. The van der Waals surface area contributed by atoms with Crippen LogP contribution in [0.3, 0.4) is 0 Å². The third-order valence-electron chi connectivity index (χ3n) is 3.90. The summed E-state index contributed by atoms with van der Waals surface area (Å²) in [7, 11) is 0. The predicted molar refractivity (Wildman–Crippen MR) is 94.2 cm³/mol. The second-order valence-electron chi connectivity index (χ2n) is 5.55. The van der Waals surface area contributed by atoms with Crippen LogP contribution in [0.5, 0.6) is 0 Å². The van der Waals surface area contributed by atoms with Crippen molar-refractivity contribution in [2.24, 2.45) is 0 Å². The molecule has 0 aliphatic heterocycles. The molecular weight excluding hydrogens is 282 g/mol. The van der Waals surface area contributed by atoms with Crippen LogP contribution in [0.2, 0.25) is 0 Å². The molecule has 0 aliphatic carbocycles. The maximum absolute atomic E-state index is 12.4. The van der Waals surface area contributed by atoms with Crippen molar-refractivity contribution in [1.29, 1.82) is 0 Å². The molecule has 0 spiro atoms. The Bertz CT molecular complexity index is 764. The van der Waals surface area contributed by atoms with Crippen molar-refractivity contribution in [2.45, 2.75) is 13.0 Å². The van der Waals surface area contributed by atoms with Gasteiger partial charge in [-0.2, -0.15) is 0 Å². The average Bonchev–Trinajstić information content (AvgIpc) is 2.63. The normalized spacial score (nSPS) is 11.7. The Morgan fingerprint density at radius 1 is 0.739 bits per heavy atom. The molecule has 0 aromatic heterocycles. The number of carbonyl (C=O) groups is 1. The van der Waals surface area contributed by atoms with Crippen LogP contribution >= 0.6 is 0 Å². The fourth-order valence-corrected chi connectivity index (χ4v) is 2.55. The number of amides is 1. The van der Waals surface area contributed by atoms with Gasteiger partial charge in [-0.15, -0.1) is 0 Å². The van der Waals surface area contributed by atoms with Gasteiger partial charge in [0, 0.05) is 5.56 Å². The van der Waals surface area contributed by atoms with Crippen LogP contribution in [0.25, 0.3) is 11.1 Å². The van der Waals surface area contributed by atoms with E-state index in [9.17, 15) is 4.79 Å². The van der Waals surface area contributed by atoms with Crippen molar-refractivity contribution < 1.29 is 4.79 Å². The van der Waals surface area contributed by atoms with Crippen molar-refractivity contribution in [3.05, 3.63) is 96.1 Å². The summed E-state index contributed by atoms with van der Waals surface area (Å²) in [5.41, 5.74) is 4.03. The Balaban J connectivity index is 1.71. The zero-order valence-electron chi connectivity index (χ0n) is 13.1. The van der Waals surface area contributed by atoms with Crippen LogP contribution < -0.4 is 5.32 Å². The van der Waals surface area contributed by atoms with Crippen LogP contribution in [0, 0.1) is 0 Å². The van der Waals surface area contributed by atoms with Crippen LogP contribution in [0.15, 0.2) is 84.9 Å². The predicted octanol–water partition coefficient (Wildman–Crippen LogP) is 4.84. The first-order chi connectivity index (χ1) is 11.2. The summed E-state index contributed by atoms with van der Waals surface area (Å²) in [5.74, 6) is -0.0547. The van der Waals surface area contributed by atoms with Gasteiger partial charge in [0.25, 0.3) is 5.91 Å². The Kier molecular flexibility index (Phi) is 4.53. The van der Waals surface area contributed by atoms with Gasteiger partial charge in [0.05, 0.1) is 6.04 Å². The Labute approximate surface area is 136 Å².